The van der Waals surface area contributed by atoms with Crippen LogP contribution in [-0.4, -0.2) is 13.3 Å². The van der Waals surface area contributed by atoms with Gasteiger partial charge in [-0.25, -0.2) is 0 Å². The smallest absolute Gasteiger partial charge is 0.0434 e. The molecule has 1 rings (SSSR count). The lowest BCUT2D eigenvalue weighted by Gasteiger charge is -2.05. The number of aliphatic imine (C=N–C) groups is 1. The molecule has 0 aliphatic carbocycles. The Morgan fingerprint density at radius 3 is 2.58 bits per heavy atom. The molecule has 0 aromatic heterocycles. The highest BCUT2D eigenvalue weighted by Gasteiger charge is 2.00. The fourth-order valence-electron chi connectivity index (χ4n) is 1.10. The summed E-state index contributed by atoms with van der Waals surface area (Å²) in [5, 5.41) is 0. The van der Waals surface area contributed by atoms with Crippen molar-refractivity contribution in [3.63, 3.8) is 0 Å². The summed E-state index contributed by atoms with van der Waals surface area (Å²) in [5.41, 5.74) is 14.8. The van der Waals surface area contributed by atoms with Crippen LogP contribution in [-0.2, 0) is 0 Å². The number of nitrogen functional groups attached to an aromatic ring is 2. The van der Waals surface area contributed by atoms with Gasteiger partial charge >= 0.3 is 0 Å². The van der Waals surface area contributed by atoms with Gasteiger partial charge in [-0.05, 0) is 24.6 Å². The fraction of sp³-hybridized carbons (Fsp3) is 0.222. The zero-order valence-electron chi connectivity index (χ0n) is 7.33. The summed E-state index contributed by atoms with van der Waals surface area (Å²) in [6, 6.07) is 3.66. The van der Waals surface area contributed by atoms with Crippen LogP contribution in [0, 0.1) is 6.92 Å². The van der Waals surface area contributed by atoms with E-state index in [9.17, 15) is 0 Å². The molecule has 0 heterocycles. The summed E-state index contributed by atoms with van der Waals surface area (Å²) in [5.74, 6) is 0. The molecule has 0 fully saturated rings. The van der Waals surface area contributed by atoms with E-state index < -0.39 is 0 Å². The van der Waals surface area contributed by atoms with Gasteiger partial charge in [0.25, 0.3) is 0 Å². The maximum absolute atomic E-state index is 5.79. The van der Waals surface area contributed by atoms with E-state index in [2.05, 4.69) is 4.99 Å². The van der Waals surface area contributed by atoms with Crippen LogP contribution in [0.4, 0.5) is 11.4 Å². The van der Waals surface area contributed by atoms with Crippen molar-refractivity contribution in [1.29, 1.82) is 0 Å². The van der Waals surface area contributed by atoms with Crippen molar-refractivity contribution in [2.75, 3.05) is 18.5 Å². The first-order valence-corrected chi connectivity index (χ1v) is 3.73. The molecule has 64 valence electrons. The lowest BCUT2D eigenvalue weighted by atomic mass is 10.1. The maximum atomic E-state index is 5.79. The Morgan fingerprint density at radius 2 is 2.00 bits per heavy atom. The normalized spacial score (nSPS) is 10.8. The van der Waals surface area contributed by atoms with Gasteiger partial charge in [-0.3, -0.25) is 4.99 Å². The van der Waals surface area contributed by atoms with Crippen LogP contribution in [0.1, 0.15) is 11.1 Å². The SMILES string of the molecule is CN=Cc1cc(N)cc(C)c1N. The molecule has 0 radical (unpaired) electrons. The van der Waals surface area contributed by atoms with Crippen molar-refractivity contribution in [3.05, 3.63) is 23.3 Å². The van der Waals surface area contributed by atoms with E-state index in [4.69, 9.17) is 11.5 Å². The average molecular weight is 163 g/mol. The number of hydrogen-bond donors (Lipinski definition) is 2. The molecular weight excluding hydrogens is 150 g/mol. The highest BCUT2D eigenvalue weighted by atomic mass is 14.7. The van der Waals surface area contributed by atoms with Gasteiger partial charge in [0, 0.05) is 30.2 Å². The summed E-state index contributed by atoms with van der Waals surface area (Å²) in [7, 11) is 1.71. The van der Waals surface area contributed by atoms with Crippen LogP contribution in [0.15, 0.2) is 17.1 Å². The minimum Gasteiger partial charge on any atom is -0.399 e. The molecule has 0 spiro atoms. The quantitative estimate of drug-likeness (QED) is 0.482. The third kappa shape index (κ3) is 1.56. The van der Waals surface area contributed by atoms with Gasteiger partial charge in [0.2, 0.25) is 0 Å². The molecule has 0 saturated heterocycles. The minimum absolute atomic E-state index is 0.719. The predicted molar refractivity (Wildman–Crippen MR) is 53.5 cm³/mol. The van der Waals surface area contributed by atoms with Crippen molar-refractivity contribution in [3.8, 4) is 0 Å². The predicted octanol–water partition coefficient (Wildman–Crippen LogP) is 1.21. The van der Waals surface area contributed by atoms with E-state index in [0.717, 1.165) is 22.5 Å². The number of rotatable bonds is 1. The standard InChI is InChI=1S/C9H13N3/c1-6-3-8(10)4-7(5-12-2)9(6)11/h3-5H,10-11H2,1-2H3. The van der Waals surface area contributed by atoms with Crippen LogP contribution in [0.3, 0.4) is 0 Å². The number of hydrogen-bond acceptors (Lipinski definition) is 3. The summed E-state index contributed by atoms with van der Waals surface area (Å²) >= 11 is 0. The number of nitrogens with two attached hydrogens (primary N) is 2. The van der Waals surface area contributed by atoms with E-state index in [1.54, 1.807) is 13.3 Å². The Balaban J connectivity index is 3.27. The first-order valence-electron chi connectivity index (χ1n) is 3.73. The highest BCUT2D eigenvalue weighted by molar-refractivity contribution is 5.89. The van der Waals surface area contributed by atoms with E-state index in [-0.39, 0.29) is 0 Å². The van der Waals surface area contributed by atoms with Crippen LogP contribution in [0.5, 0.6) is 0 Å². The molecule has 4 N–H and O–H groups in total. The summed E-state index contributed by atoms with van der Waals surface area (Å²) < 4.78 is 0. The monoisotopic (exact) mass is 163 g/mol. The second kappa shape index (κ2) is 3.26. The van der Waals surface area contributed by atoms with Crippen molar-refractivity contribution in [2.45, 2.75) is 6.92 Å². The molecule has 0 bridgehead atoms. The van der Waals surface area contributed by atoms with Crippen molar-refractivity contribution in [1.82, 2.24) is 0 Å². The first-order chi connectivity index (χ1) is 5.65. The summed E-state index contributed by atoms with van der Waals surface area (Å²) in [4.78, 5) is 3.89. The number of nitrogens with zero attached hydrogens (tertiary/aromatic N) is 1. The molecular formula is C9H13N3. The van der Waals surface area contributed by atoms with Gasteiger partial charge in [0.15, 0.2) is 0 Å². The van der Waals surface area contributed by atoms with E-state index in [1.807, 2.05) is 19.1 Å². The highest BCUT2D eigenvalue weighted by Crippen LogP contribution is 2.19. The van der Waals surface area contributed by atoms with Gasteiger partial charge in [-0.2, -0.15) is 0 Å². The topological polar surface area (TPSA) is 64.4 Å². The molecule has 0 saturated carbocycles. The summed E-state index contributed by atoms with van der Waals surface area (Å²) in [6.45, 7) is 1.93. The van der Waals surface area contributed by atoms with Gasteiger partial charge in [0.05, 0.1) is 0 Å². The zero-order chi connectivity index (χ0) is 9.14. The Bertz CT molecular complexity index is 316. The van der Waals surface area contributed by atoms with Crippen molar-refractivity contribution in [2.24, 2.45) is 4.99 Å². The molecule has 0 aliphatic heterocycles. The lowest BCUT2D eigenvalue weighted by Crippen LogP contribution is -1.98. The maximum Gasteiger partial charge on any atom is 0.0434 e. The third-order valence-electron chi connectivity index (χ3n) is 1.71. The summed E-state index contributed by atoms with van der Waals surface area (Å²) in [6.07, 6.45) is 1.71. The molecule has 12 heavy (non-hydrogen) atoms. The fourth-order valence-corrected chi connectivity index (χ4v) is 1.10. The van der Waals surface area contributed by atoms with E-state index in [1.165, 1.54) is 0 Å². The van der Waals surface area contributed by atoms with Gasteiger partial charge in [-0.1, -0.05) is 0 Å². The van der Waals surface area contributed by atoms with Crippen LogP contribution < -0.4 is 11.5 Å². The largest absolute Gasteiger partial charge is 0.399 e. The minimum atomic E-state index is 0.719. The molecule has 1 aromatic rings. The van der Waals surface area contributed by atoms with Gasteiger partial charge < -0.3 is 11.5 Å². The van der Waals surface area contributed by atoms with Crippen molar-refractivity contribution >= 4 is 17.6 Å². The number of anilines is 2. The Morgan fingerprint density at radius 1 is 1.33 bits per heavy atom. The second-order valence-corrected chi connectivity index (χ2v) is 2.73. The lowest BCUT2D eigenvalue weighted by molar-refractivity contribution is 1.43. The average Bonchev–Trinajstić information content (AvgIpc) is 2.00. The molecule has 0 atom stereocenters. The van der Waals surface area contributed by atoms with Crippen molar-refractivity contribution < 1.29 is 0 Å². The van der Waals surface area contributed by atoms with E-state index >= 15 is 0 Å². The molecule has 3 heteroatoms. The van der Waals surface area contributed by atoms with Gasteiger partial charge in [-0.15, -0.1) is 0 Å². The molecule has 3 nitrogen and oxygen atoms in total. The van der Waals surface area contributed by atoms with Crippen LogP contribution in [0.2, 0.25) is 0 Å². The van der Waals surface area contributed by atoms with Gasteiger partial charge in [0.1, 0.15) is 0 Å². The molecule has 0 unspecified atom stereocenters. The van der Waals surface area contributed by atoms with E-state index in [0.29, 0.717) is 0 Å². The Kier molecular flexibility index (Phi) is 2.33. The van der Waals surface area contributed by atoms with Crippen LogP contribution >= 0.6 is 0 Å². The Labute approximate surface area is 72.1 Å². The second-order valence-electron chi connectivity index (χ2n) is 2.73. The molecule has 0 amide bonds. The number of aryl methyl sites for hydroxylation is 1. The first kappa shape index (κ1) is 8.59. The molecule has 0 aliphatic rings. The number of benzene rings is 1. The molecule has 1 aromatic carbocycles. The van der Waals surface area contributed by atoms with Crippen LogP contribution in [0.25, 0.3) is 0 Å². The Hall–Kier alpha value is -1.51. The zero-order valence-corrected chi connectivity index (χ0v) is 7.33. The third-order valence-corrected chi connectivity index (χ3v) is 1.71.